The Morgan fingerprint density at radius 1 is 1.20 bits per heavy atom. The molecule has 0 aromatic heterocycles. The molecule has 2 rings (SSSR count). The van der Waals surface area contributed by atoms with Crippen LogP contribution in [-0.4, -0.2) is 43.0 Å². The van der Waals surface area contributed by atoms with E-state index in [9.17, 15) is 4.79 Å². The van der Waals surface area contributed by atoms with Crippen LogP contribution in [0.2, 0.25) is 0 Å². The minimum atomic E-state index is 0.177. The highest BCUT2D eigenvalue weighted by molar-refractivity contribution is 5.78. The topological polar surface area (TPSA) is 58.4 Å². The number of nitrogens with zero attached hydrogens (tertiary/aromatic N) is 1. The van der Waals surface area contributed by atoms with Gasteiger partial charge in [0.1, 0.15) is 0 Å². The van der Waals surface area contributed by atoms with E-state index >= 15 is 0 Å². The van der Waals surface area contributed by atoms with Gasteiger partial charge in [0.25, 0.3) is 0 Å². The third-order valence-electron chi connectivity index (χ3n) is 5.01. The largest absolute Gasteiger partial charge is 0.355 e. The number of likely N-dealkylation sites (tertiary alicyclic amines) is 1. The standard InChI is InChI=1S/C16H31N3O/c1-13-4-2-6-15(8-7-13)19-11-3-5-14(12-19)16(20)18-10-9-17/h13-15H,2-12,17H2,1H3,(H,18,20). The zero-order valence-electron chi connectivity index (χ0n) is 12.9. The molecule has 1 aliphatic heterocycles. The first-order chi connectivity index (χ1) is 9.70. The van der Waals surface area contributed by atoms with Crippen molar-refractivity contribution < 1.29 is 4.79 Å². The number of rotatable bonds is 4. The number of piperidine rings is 1. The van der Waals surface area contributed by atoms with Gasteiger partial charge in [-0.15, -0.1) is 0 Å². The minimum Gasteiger partial charge on any atom is -0.355 e. The molecule has 2 fully saturated rings. The predicted octanol–water partition coefficient (Wildman–Crippen LogP) is 1.74. The van der Waals surface area contributed by atoms with Gasteiger partial charge in [0, 0.05) is 25.7 Å². The summed E-state index contributed by atoms with van der Waals surface area (Å²) in [6.45, 7) is 5.65. The van der Waals surface area contributed by atoms with Crippen LogP contribution < -0.4 is 11.1 Å². The maximum atomic E-state index is 12.1. The molecule has 3 unspecified atom stereocenters. The van der Waals surface area contributed by atoms with Crippen LogP contribution in [-0.2, 0) is 4.79 Å². The van der Waals surface area contributed by atoms with Gasteiger partial charge in [0.05, 0.1) is 5.92 Å². The monoisotopic (exact) mass is 281 g/mol. The summed E-state index contributed by atoms with van der Waals surface area (Å²) in [5, 5.41) is 2.95. The van der Waals surface area contributed by atoms with Crippen LogP contribution in [0.3, 0.4) is 0 Å². The molecule has 4 nitrogen and oxygen atoms in total. The van der Waals surface area contributed by atoms with E-state index in [0.717, 1.165) is 25.3 Å². The fourth-order valence-corrected chi connectivity index (χ4v) is 3.72. The summed E-state index contributed by atoms with van der Waals surface area (Å²) in [7, 11) is 0. The van der Waals surface area contributed by atoms with Crippen LogP contribution in [0.25, 0.3) is 0 Å². The average Bonchev–Trinajstić information content (AvgIpc) is 2.69. The highest BCUT2D eigenvalue weighted by Crippen LogP contribution is 2.28. The minimum absolute atomic E-state index is 0.177. The van der Waals surface area contributed by atoms with Crippen molar-refractivity contribution in [1.29, 1.82) is 0 Å². The molecule has 1 aliphatic carbocycles. The highest BCUT2D eigenvalue weighted by Gasteiger charge is 2.30. The number of carbonyl (C=O) groups excluding carboxylic acids is 1. The molecule has 3 N–H and O–H groups in total. The molecule has 0 spiro atoms. The Labute approximate surface area is 123 Å². The average molecular weight is 281 g/mol. The fourth-order valence-electron chi connectivity index (χ4n) is 3.72. The molecule has 1 saturated carbocycles. The van der Waals surface area contributed by atoms with Gasteiger partial charge < -0.3 is 11.1 Å². The van der Waals surface area contributed by atoms with Gasteiger partial charge in [-0.05, 0) is 44.6 Å². The van der Waals surface area contributed by atoms with Gasteiger partial charge in [0.2, 0.25) is 5.91 Å². The second-order valence-corrected chi connectivity index (χ2v) is 6.68. The smallest absolute Gasteiger partial charge is 0.224 e. The molecule has 4 heteroatoms. The summed E-state index contributed by atoms with van der Waals surface area (Å²) < 4.78 is 0. The Morgan fingerprint density at radius 2 is 2.05 bits per heavy atom. The van der Waals surface area contributed by atoms with E-state index in [-0.39, 0.29) is 11.8 Å². The van der Waals surface area contributed by atoms with Gasteiger partial charge in [0.15, 0.2) is 0 Å². The van der Waals surface area contributed by atoms with E-state index in [1.54, 1.807) is 0 Å². The maximum absolute atomic E-state index is 12.1. The van der Waals surface area contributed by atoms with Gasteiger partial charge in [-0.3, -0.25) is 9.69 Å². The lowest BCUT2D eigenvalue weighted by molar-refractivity contribution is -0.127. The fraction of sp³-hybridized carbons (Fsp3) is 0.938. The molecule has 116 valence electrons. The SMILES string of the molecule is CC1CCCC(N2CCCC(C(=O)NCCN)C2)CC1. The summed E-state index contributed by atoms with van der Waals surface area (Å²) in [5.41, 5.74) is 5.46. The van der Waals surface area contributed by atoms with Crippen molar-refractivity contribution in [2.75, 3.05) is 26.2 Å². The van der Waals surface area contributed by atoms with E-state index < -0.39 is 0 Å². The lowest BCUT2D eigenvalue weighted by atomic mass is 9.94. The Morgan fingerprint density at radius 3 is 2.85 bits per heavy atom. The van der Waals surface area contributed by atoms with E-state index in [1.165, 1.54) is 38.6 Å². The van der Waals surface area contributed by atoms with E-state index in [4.69, 9.17) is 5.73 Å². The molecule has 0 aromatic rings. The van der Waals surface area contributed by atoms with Crippen molar-refractivity contribution in [3.63, 3.8) is 0 Å². The highest BCUT2D eigenvalue weighted by atomic mass is 16.1. The van der Waals surface area contributed by atoms with Crippen LogP contribution in [0.4, 0.5) is 0 Å². The molecule has 1 heterocycles. The predicted molar refractivity (Wildman–Crippen MR) is 82.4 cm³/mol. The number of hydrogen-bond acceptors (Lipinski definition) is 3. The first kappa shape index (κ1) is 15.8. The van der Waals surface area contributed by atoms with Crippen LogP contribution in [0, 0.1) is 11.8 Å². The van der Waals surface area contributed by atoms with Crippen LogP contribution >= 0.6 is 0 Å². The summed E-state index contributed by atoms with van der Waals surface area (Å²) in [5.74, 6) is 1.27. The third-order valence-corrected chi connectivity index (χ3v) is 5.01. The number of hydrogen-bond donors (Lipinski definition) is 2. The van der Waals surface area contributed by atoms with Gasteiger partial charge >= 0.3 is 0 Å². The summed E-state index contributed by atoms with van der Waals surface area (Å²) in [6, 6.07) is 0.713. The lowest BCUT2D eigenvalue weighted by Gasteiger charge is -2.37. The number of carbonyl (C=O) groups is 1. The number of nitrogens with two attached hydrogens (primary N) is 1. The first-order valence-corrected chi connectivity index (χ1v) is 8.42. The van der Waals surface area contributed by atoms with Gasteiger partial charge in [-0.25, -0.2) is 0 Å². The summed E-state index contributed by atoms with van der Waals surface area (Å²) in [4.78, 5) is 14.7. The van der Waals surface area contributed by atoms with Crippen molar-refractivity contribution in [3.05, 3.63) is 0 Å². The second-order valence-electron chi connectivity index (χ2n) is 6.68. The molecule has 1 amide bonds. The maximum Gasteiger partial charge on any atom is 0.224 e. The Hall–Kier alpha value is -0.610. The third kappa shape index (κ3) is 4.45. The zero-order chi connectivity index (χ0) is 14.4. The number of amides is 1. The van der Waals surface area contributed by atoms with Crippen molar-refractivity contribution in [2.45, 2.75) is 57.9 Å². The Bertz CT molecular complexity index is 308. The molecule has 0 radical (unpaired) electrons. The summed E-state index contributed by atoms with van der Waals surface area (Å²) >= 11 is 0. The van der Waals surface area contributed by atoms with Gasteiger partial charge in [-0.2, -0.15) is 0 Å². The molecule has 1 saturated heterocycles. The molecule has 0 bridgehead atoms. The molecular formula is C16H31N3O. The van der Waals surface area contributed by atoms with Crippen LogP contribution in [0.15, 0.2) is 0 Å². The normalized spacial score (nSPS) is 32.6. The molecule has 0 aromatic carbocycles. The van der Waals surface area contributed by atoms with Crippen molar-refractivity contribution in [1.82, 2.24) is 10.2 Å². The Balaban J connectivity index is 1.84. The van der Waals surface area contributed by atoms with Crippen molar-refractivity contribution >= 4 is 5.91 Å². The second kappa shape index (κ2) is 7.99. The van der Waals surface area contributed by atoms with Crippen molar-refractivity contribution in [3.8, 4) is 0 Å². The van der Waals surface area contributed by atoms with Crippen LogP contribution in [0.5, 0.6) is 0 Å². The first-order valence-electron chi connectivity index (χ1n) is 8.42. The molecule has 2 aliphatic rings. The lowest BCUT2D eigenvalue weighted by Crippen LogP contribution is -2.47. The van der Waals surface area contributed by atoms with Crippen molar-refractivity contribution in [2.24, 2.45) is 17.6 Å². The zero-order valence-corrected chi connectivity index (χ0v) is 12.9. The van der Waals surface area contributed by atoms with Crippen LogP contribution in [0.1, 0.15) is 51.9 Å². The van der Waals surface area contributed by atoms with E-state index in [1.807, 2.05) is 0 Å². The summed E-state index contributed by atoms with van der Waals surface area (Å²) in [6.07, 6.45) is 8.92. The quantitative estimate of drug-likeness (QED) is 0.772. The van der Waals surface area contributed by atoms with E-state index in [2.05, 4.69) is 17.1 Å². The molecular weight excluding hydrogens is 250 g/mol. The molecule has 20 heavy (non-hydrogen) atoms. The number of nitrogens with one attached hydrogen (secondary N) is 1. The van der Waals surface area contributed by atoms with Gasteiger partial charge in [-0.1, -0.05) is 19.8 Å². The van der Waals surface area contributed by atoms with E-state index in [0.29, 0.717) is 19.1 Å². The Kier molecular flexibility index (Phi) is 6.30. The molecule has 3 atom stereocenters.